The smallest absolute Gasteiger partial charge is 0.165 e. The number of para-hydroxylation sites is 1. The first-order chi connectivity index (χ1) is 9.78. The van der Waals surface area contributed by atoms with Gasteiger partial charge in [0.25, 0.3) is 0 Å². The second-order valence-corrected chi connectivity index (χ2v) is 4.46. The number of hydrogen-bond acceptors (Lipinski definition) is 3. The summed E-state index contributed by atoms with van der Waals surface area (Å²) < 4.78 is 18.5. The number of nitrogens with zero attached hydrogens (tertiary/aromatic N) is 1. The van der Waals surface area contributed by atoms with Crippen molar-refractivity contribution in [2.45, 2.75) is 6.54 Å². The van der Waals surface area contributed by atoms with Gasteiger partial charge in [-0.3, -0.25) is 5.10 Å². The molecule has 1 heterocycles. The summed E-state index contributed by atoms with van der Waals surface area (Å²) in [5, 5.41) is 11.3. The third kappa shape index (κ3) is 2.30. The Bertz CT molecular complexity index is 739. The van der Waals surface area contributed by atoms with Gasteiger partial charge in [0.15, 0.2) is 11.6 Å². The van der Waals surface area contributed by atoms with Crippen molar-refractivity contribution in [3.63, 3.8) is 0 Å². The highest BCUT2D eigenvalue weighted by atomic mass is 19.1. The molecule has 3 rings (SSSR count). The van der Waals surface area contributed by atoms with E-state index >= 15 is 0 Å². The molecule has 0 fully saturated rings. The summed E-state index contributed by atoms with van der Waals surface area (Å²) in [7, 11) is 1.45. The molecule has 0 bridgehead atoms. The Morgan fingerprint density at radius 1 is 1.30 bits per heavy atom. The summed E-state index contributed by atoms with van der Waals surface area (Å²) >= 11 is 0. The third-order valence-electron chi connectivity index (χ3n) is 3.18. The van der Waals surface area contributed by atoms with Gasteiger partial charge in [0.05, 0.1) is 24.5 Å². The van der Waals surface area contributed by atoms with Crippen LogP contribution in [0.4, 0.5) is 10.1 Å². The Hall–Kier alpha value is -2.56. The average Bonchev–Trinajstić information content (AvgIpc) is 2.94. The fraction of sp³-hybridized carbons (Fsp3) is 0.133. The van der Waals surface area contributed by atoms with Crippen molar-refractivity contribution in [1.29, 1.82) is 0 Å². The predicted molar refractivity (Wildman–Crippen MR) is 76.4 cm³/mol. The zero-order valence-electron chi connectivity index (χ0n) is 11.0. The number of rotatable bonds is 4. The fourth-order valence-corrected chi connectivity index (χ4v) is 2.13. The van der Waals surface area contributed by atoms with Crippen molar-refractivity contribution in [2.75, 3.05) is 12.4 Å². The number of aromatic nitrogens is 2. The van der Waals surface area contributed by atoms with Crippen LogP contribution in [-0.4, -0.2) is 17.3 Å². The molecule has 2 N–H and O–H groups in total. The Morgan fingerprint density at radius 3 is 3.00 bits per heavy atom. The van der Waals surface area contributed by atoms with E-state index in [4.69, 9.17) is 4.74 Å². The van der Waals surface area contributed by atoms with Crippen LogP contribution in [0.3, 0.4) is 0 Å². The maximum Gasteiger partial charge on any atom is 0.165 e. The Balaban J connectivity index is 1.79. The maximum absolute atomic E-state index is 13.6. The summed E-state index contributed by atoms with van der Waals surface area (Å²) in [6.07, 6.45) is 1.77. The third-order valence-corrected chi connectivity index (χ3v) is 3.18. The number of H-pyrrole nitrogens is 1. The number of halogens is 1. The first kappa shape index (κ1) is 12.5. The number of methoxy groups -OCH3 is 1. The highest BCUT2D eigenvalue weighted by Gasteiger charge is 2.05. The zero-order valence-corrected chi connectivity index (χ0v) is 11.0. The number of aromatic amines is 1. The number of nitrogens with one attached hydrogen (secondary N) is 2. The molecule has 20 heavy (non-hydrogen) atoms. The van der Waals surface area contributed by atoms with Gasteiger partial charge in [0, 0.05) is 11.9 Å². The van der Waals surface area contributed by atoms with Gasteiger partial charge in [-0.25, -0.2) is 4.39 Å². The Kier molecular flexibility index (Phi) is 3.25. The summed E-state index contributed by atoms with van der Waals surface area (Å²) in [6.45, 7) is 0.527. The van der Waals surface area contributed by atoms with E-state index in [0.29, 0.717) is 6.54 Å². The van der Waals surface area contributed by atoms with E-state index in [1.54, 1.807) is 12.3 Å². The molecule has 3 aromatic rings. The van der Waals surface area contributed by atoms with Gasteiger partial charge in [-0.15, -0.1) is 0 Å². The van der Waals surface area contributed by atoms with Crippen LogP contribution in [0.1, 0.15) is 5.56 Å². The predicted octanol–water partition coefficient (Wildman–Crippen LogP) is 3.32. The highest BCUT2D eigenvalue weighted by molar-refractivity contribution is 5.89. The molecule has 2 aromatic carbocycles. The zero-order chi connectivity index (χ0) is 13.9. The monoisotopic (exact) mass is 271 g/mol. The largest absolute Gasteiger partial charge is 0.494 e. The number of anilines is 1. The van der Waals surface area contributed by atoms with E-state index < -0.39 is 0 Å². The molecule has 1 aromatic heterocycles. The van der Waals surface area contributed by atoms with Crippen LogP contribution < -0.4 is 10.1 Å². The lowest BCUT2D eigenvalue weighted by Gasteiger charge is -2.09. The van der Waals surface area contributed by atoms with Crippen molar-refractivity contribution in [1.82, 2.24) is 10.2 Å². The lowest BCUT2D eigenvalue weighted by Crippen LogP contribution is -2.01. The molecule has 4 nitrogen and oxygen atoms in total. The second kappa shape index (κ2) is 5.21. The molecular formula is C15H14FN3O. The first-order valence-electron chi connectivity index (χ1n) is 6.26. The van der Waals surface area contributed by atoms with Gasteiger partial charge in [-0.05, 0) is 23.8 Å². The van der Waals surface area contributed by atoms with Gasteiger partial charge in [0.2, 0.25) is 0 Å². The van der Waals surface area contributed by atoms with Crippen molar-refractivity contribution in [2.24, 2.45) is 0 Å². The number of fused-ring (bicyclic) bond motifs is 1. The van der Waals surface area contributed by atoms with Crippen LogP contribution >= 0.6 is 0 Å². The molecule has 5 heteroatoms. The summed E-state index contributed by atoms with van der Waals surface area (Å²) in [5.41, 5.74) is 2.73. The standard InChI is InChI=1S/C15H14FN3O/c1-20-14-6-5-10(7-12(14)16)8-17-13-4-2-3-11-9-18-19-15(11)13/h2-7,9,17H,8H2,1H3,(H,18,19). The molecular weight excluding hydrogens is 257 g/mol. The van der Waals surface area contributed by atoms with Gasteiger partial charge >= 0.3 is 0 Å². The average molecular weight is 271 g/mol. The van der Waals surface area contributed by atoms with Crippen molar-refractivity contribution < 1.29 is 9.13 Å². The topological polar surface area (TPSA) is 49.9 Å². The van der Waals surface area contributed by atoms with Gasteiger partial charge < -0.3 is 10.1 Å². The SMILES string of the molecule is COc1ccc(CNc2cccc3cn[nH]c23)cc1F. The van der Waals surface area contributed by atoms with Crippen molar-refractivity contribution in [3.8, 4) is 5.75 Å². The Morgan fingerprint density at radius 2 is 2.20 bits per heavy atom. The van der Waals surface area contributed by atoms with E-state index in [1.165, 1.54) is 13.2 Å². The summed E-state index contributed by atoms with van der Waals surface area (Å²) in [6, 6.07) is 10.8. The lowest BCUT2D eigenvalue weighted by molar-refractivity contribution is 0.386. The van der Waals surface area contributed by atoms with Crippen molar-refractivity contribution in [3.05, 3.63) is 54.0 Å². The number of benzene rings is 2. The van der Waals surface area contributed by atoms with Crippen LogP contribution in [0.25, 0.3) is 10.9 Å². The highest BCUT2D eigenvalue weighted by Crippen LogP contribution is 2.22. The maximum atomic E-state index is 13.6. The molecule has 0 aliphatic heterocycles. The lowest BCUT2D eigenvalue weighted by atomic mass is 10.2. The van der Waals surface area contributed by atoms with E-state index in [0.717, 1.165) is 22.2 Å². The van der Waals surface area contributed by atoms with Crippen LogP contribution in [0.2, 0.25) is 0 Å². The molecule has 0 saturated heterocycles. The van der Waals surface area contributed by atoms with Crippen LogP contribution in [-0.2, 0) is 6.54 Å². The molecule has 0 radical (unpaired) electrons. The molecule has 0 aliphatic rings. The van der Waals surface area contributed by atoms with Crippen LogP contribution in [0, 0.1) is 5.82 Å². The van der Waals surface area contributed by atoms with Crippen molar-refractivity contribution >= 4 is 16.6 Å². The van der Waals surface area contributed by atoms with Gasteiger partial charge in [-0.1, -0.05) is 18.2 Å². The van der Waals surface area contributed by atoms with E-state index in [-0.39, 0.29) is 11.6 Å². The van der Waals surface area contributed by atoms with Gasteiger partial charge in [0.1, 0.15) is 0 Å². The molecule has 0 spiro atoms. The molecule has 0 atom stereocenters. The fourth-order valence-electron chi connectivity index (χ4n) is 2.13. The summed E-state index contributed by atoms with van der Waals surface area (Å²) in [5.74, 6) is -0.101. The molecule has 0 unspecified atom stereocenters. The minimum atomic E-state index is -0.355. The van der Waals surface area contributed by atoms with E-state index in [2.05, 4.69) is 15.5 Å². The minimum absolute atomic E-state index is 0.254. The molecule has 0 amide bonds. The van der Waals surface area contributed by atoms with Crippen LogP contribution in [0.15, 0.2) is 42.6 Å². The van der Waals surface area contributed by atoms with E-state index in [9.17, 15) is 4.39 Å². The molecule has 0 aliphatic carbocycles. The van der Waals surface area contributed by atoms with Gasteiger partial charge in [-0.2, -0.15) is 5.10 Å². The Labute approximate surface area is 115 Å². The first-order valence-corrected chi connectivity index (χ1v) is 6.26. The molecule has 0 saturated carbocycles. The summed E-state index contributed by atoms with van der Waals surface area (Å²) in [4.78, 5) is 0. The van der Waals surface area contributed by atoms with Crippen LogP contribution in [0.5, 0.6) is 5.75 Å². The quantitative estimate of drug-likeness (QED) is 0.765. The second-order valence-electron chi connectivity index (χ2n) is 4.46. The number of ether oxygens (including phenoxy) is 1. The molecule has 102 valence electrons. The van der Waals surface area contributed by atoms with E-state index in [1.807, 2.05) is 24.3 Å². The minimum Gasteiger partial charge on any atom is -0.494 e. The number of hydrogen-bond donors (Lipinski definition) is 2. The normalized spacial score (nSPS) is 10.7.